The molecule has 2 aliphatic rings. The normalized spacial score (nSPS) is 23.9. The summed E-state index contributed by atoms with van der Waals surface area (Å²) in [5.74, 6) is 0. The van der Waals surface area contributed by atoms with E-state index in [0.717, 1.165) is 45.4 Å². The van der Waals surface area contributed by atoms with Gasteiger partial charge in [-0.05, 0) is 32.2 Å². The first-order chi connectivity index (χ1) is 6.86. The molecule has 2 fully saturated rings. The van der Waals surface area contributed by atoms with Crippen molar-refractivity contribution < 1.29 is 4.79 Å². The van der Waals surface area contributed by atoms with E-state index >= 15 is 0 Å². The van der Waals surface area contributed by atoms with Crippen LogP contribution in [0.3, 0.4) is 0 Å². The summed E-state index contributed by atoms with van der Waals surface area (Å²) in [6.07, 6.45) is 4.62. The van der Waals surface area contributed by atoms with Gasteiger partial charge >= 0.3 is 6.03 Å². The molecule has 1 aliphatic carbocycles. The Morgan fingerprint density at radius 3 is 2.86 bits per heavy atom. The minimum absolute atomic E-state index is 0.135. The molecule has 0 unspecified atom stereocenters. The number of nitrogens with zero attached hydrogens (tertiary/aromatic N) is 1. The fraction of sp³-hybridized carbons (Fsp3) is 0.900. The summed E-state index contributed by atoms with van der Waals surface area (Å²) >= 11 is 0. The predicted molar refractivity (Wildman–Crippen MR) is 55.2 cm³/mol. The number of nitrogens with one attached hydrogen (secondary N) is 2. The monoisotopic (exact) mass is 197 g/mol. The van der Waals surface area contributed by atoms with Crippen LogP contribution in [0.5, 0.6) is 0 Å². The van der Waals surface area contributed by atoms with Crippen molar-refractivity contribution in [2.24, 2.45) is 0 Å². The summed E-state index contributed by atoms with van der Waals surface area (Å²) in [6, 6.07) is 0.608. The second kappa shape index (κ2) is 4.64. The first-order valence-corrected chi connectivity index (χ1v) is 5.62. The highest BCUT2D eigenvalue weighted by Crippen LogP contribution is 2.18. The molecule has 14 heavy (non-hydrogen) atoms. The van der Waals surface area contributed by atoms with Crippen LogP contribution in [0.25, 0.3) is 0 Å². The van der Waals surface area contributed by atoms with Crippen LogP contribution in [0.4, 0.5) is 4.79 Å². The standard InChI is InChI=1S/C10H19N3O/c14-10(12-9-3-4-9)13-7-2-1-5-11-6-8-13/h9,11H,1-8H2,(H,12,14). The molecule has 80 valence electrons. The second-order valence-corrected chi connectivity index (χ2v) is 4.17. The van der Waals surface area contributed by atoms with Gasteiger partial charge in [0.1, 0.15) is 0 Å². The number of carbonyl (C=O) groups excluding carboxylic acids is 1. The van der Waals surface area contributed by atoms with Gasteiger partial charge in [-0.15, -0.1) is 0 Å². The maximum atomic E-state index is 11.7. The lowest BCUT2D eigenvalue weighted by Gasteiger charge is -2.25. The maximum absolute atomic E-state index is 11.7. The first kappa shape index (κ1) is 9.77. The van der Waals surface area contributed by atoms with E-state index in [-0.39, 0.29) is 6.03 Å². The van der Waals surface area contributed by atoms with Crippen molar-refractivity contribution in [1.82, 2.24) is 15.5 Å². The number of urea groups is 1. The molecule has 0 spiro atoms. The molecule has 2 rings (SSSR count). The third-order valence-corrected chi connectivity index (χ3v) is 2.78. The Hall–Kier alpha value is -0.770. The molecule has 0 aromatic heterocycles. The molecule has 4 heteroatoms. The summed E-state index contributed by atoms with van der Waals surface area (Å²) in [5.41, 5.74) is 0. The molecule has 1 heterocycles. The fourth-order valence-corrected chi connectivity index (χ4v) is 1.70. The Bertz CT molecular complexity index is 196. The van der Waals surface area contributed by atoms with Gasteiger partial charge in [-0.1, -0.05) is 0 Å². The number of hydrogen-bond donors (Lipinski definition) is 2. The molecule has 2 amide bonds. The Balaban J connectivity index is 1.76. The first-order valence-electron chi connectivity index (χ1n) is 5.62. The number of hydrogen-bond acceptors (Lipinski definition) is 2. The molecular formula is C10H19N3O. The topological polar surface area (TPSA) is 44.4 Å². The van der Waals surface area contributed by atoms with E-state index in [1.54, 1.807) is 0 Å². The second-order valence-electron chi connectivity index (χ2n) is 4.17. The van der Waals surface area contributed by atoms with Crippen molar-refractivity contribution in [2.75, 3.05) is 26.2 Å². The largest absolute Gasteiger partial charge is 0.335 e. The van der Waals surface area contributed by atoms with Crippen molar-refractivity contribution in [3.05, 3.63) is 0 Å². The average molecular weight is 197 g/mol. The lowest BCUT2D eigenvalue weighted by Crippen LogP contribution is -2.45. The van der Waals surface area contributed by atoms with Crippen LogP contribution in [0.15, 0.2) is 0 Å². The van der Waals surface area contributed by atoms with Gasteiger partial charge in [-0.2, -0.15) is 0 Å². The van der Waals surface area contributed by atoms with Crippen molar-refractivity contribution in [1.29, 1.82) is 0 Å². The maximum Gasteiger partial charge on any atom is 0.317 e. The lowest BCUT2D eigenvalue weighted by molar-refractivity contribution is 0.193. The van der Waals surface area contributed by atoms with Crippen LogP contribution in [-0.4, -0.2) is 43.2 Å². The van der Waals surface area contributed by atoms with Crippen LogP contribution in [0, 0.1) is 0 Å². The van der Waals surface area contributed by atoms with Gasteiger partial charge in [0, 0.05) is 25.7 Å². The predicted octanol–water partition coefficient (Wildman–Crippen LogP) is 0.544. The van der Waals surface area contributed by atoms with Crippen molar-refractivity contribution in [2.45, 2.75) is 31.7 Å². The third-order valence-electron chi connectivity index (χ3n) is 2.78. The quantitative estimate of drug-likeness (QED) is 0.644. The van der Waals surface area contributed by atoms with Crippen LogP contribution in [-0.2, 0) is 0 Å². The highest BCUT2D eigenvalue weighted by molar-refractivity contribution is 5.74. The molecular weight excluding hydrogens is 178 g/mol. The van der Waals surface area contributed by atoms with Gasteiger partial charge in [0.15, 0.2) is 0 Å². The highest BCUT2D eigenvalue weighted by Gasteiger charge is 2.25. The summed E-state index contributed by atoms with van der Waals surface area (Å²) in [5, 5.41) is 6.35. The Morgan fingerprint density at radius 2 is 2.07 bits per heavy atom. The molecule has 0 aromatic carbocycles. The molecule has 1 saturated carbocycles. The number of amides is 2. The van der Waals surface area contributed by atoms with E-state index in [1.807, 2.05) is 4.90 Å². The zero-order valence-electron chi connectivity index (χ0n) is 8.59. The van der Waals surface area contributed by atoms with E-state index in [1.165, 1.54) is 6.42 Å². The van der Waals surface area contributed by atoms with Gasteiger partial charge in [0.25, 0.3) is 0 Å². The van der Waals surface area contributed by atoms with Gasteiger partial charge in [-0.3, -0.25) is 0 Å². The molecule has 0 aromatic rings. The van der Waals surface area contributed by atoms with Gasteiger partial charge in [0.2, 0.25) is 0 Å². The molecule has 0 radical (unpaired) electrons. The summed E-state index contributed by atoms with van der Waals surface area (Å²) in [6.45, 7) is 3.79. The zero-order valence-corrected chi connectivity index (χ0v) is 8.59. The van der Waals surface area contributed by atoms with Gasteiger partial charge in [0.05, 0.1) is 0 Å². The Labute approximate surface area is 85.0 Å². The summed E-state index contributed by atoms with van der Waals surface area (Å²) in [7, 11) is 0. The molecule has 2 N–H and O–H groups in total. The molecule has 4 nitrogen and oxygen atoms in total. The van der Waals surface area contributed by atoms with E-state index in [9.17, 15) is 4.79 Å². The minimum Gasteiger partial charge on any atom is -0.335 e. The highest BCUT2D eigenvalue weighted by atomic mass is 16.2. The smallest absolute Gasteiger partial charge is 0.317 e. The SMILES string of the molecule is O=C(NC1CC1)N1CCCCNCC1. The fourth-order valence-electron chi connectivity index (χ4n) is 1.70. The van der Waals surface area contributed by atoms with Crippen molar-refractivity contribution >= 4 is 6.03 Å². The van der Waals surface area contributed by atoms with Crippen LogP contribution in [0.1, 0.15) is 25.7 Å². The zero-order chi connectivity index (χ0) is 9.80. The van der Waals surface area contributed by atoms with Gasteiger partial charge < -0.3 is 15.5 Å². The Kier molecular flexibility index (Phi) is 3.24. The van der Waals surface area contributed by atoms with E-state index < -0.39 is 0 Å². The third kappa shape index (κ3) is 2.87. The molecule has 0 atom stereocenters. The number of carbonyl (C=O) groups is 1. The lowest BCUT2D eigenvalue weighted by atomic mass is 10.2. The van der Waals surface area contributed by atoms with E-state index in [4.69, 9.17) is 0 Å². The number of rotatable bonds is 1. The average Bonchev–Trinajstić information content (AvgIpc) is 2.86. The van der Waals surface area contributed by atoms with Crippen molar-refractivity contribution in [3.8, 4) is 0 Å². The van der Waals surface area contributed by atoms with Gasteiger partial charge in [-0.25, -0.2) is 4.79 Å². The Morgan fingerprint density at radius 1 is 1.21 bits per heavy atom. The van der Waals surface area contributed by atoms with E-state index in [0.29, 0.717) is 6.04 Å². The summed E-state index contributed by atoms with van der Waals surface area (Å²) in [4.78, 5) is 13.6. The summed E-state index contributed by atoms with van der Waals surface area (Å²) < 4.78 is 0. The molecule has 1 aliphatic heterocycles. The molecule has 1 saturated heterocycles. The van der Waals surface area contributed by atoms with Crippen LogP contribution in [0.2, 0.25) is 0 Å². The van der Waals surface area contributed by atoms with Crippen LogP contribution < -0.4 is 10.6 Å². The van der Waals surface area contributed by atoms with Crippen LogP contribution >= 0.6 is 0 Å². The van der Waals surface area contributed by atoms with Crippen molar-refractivity contribution in [3.63, 3.8) is 0 Å². The molecule has 0 bridgehead atoms. The van der Waals surface area contributed by atoms with E-state index in [2.05, 4.69) is 10.6 Å². The minimum atomic E-state index is 0.135.